The zero-order valence-corrected chi connectivity index (χ0v) is 15.7. The number of halogens is 4. The van der Waals surface area contributed by atoms with Gasteiger partial charge in [0.15, 0.2) is 5.15 Å². The first-order valence-corrected chi connectivity index (χ1v) is 8.60. The van der Waals surface area contributed by atoms with Gasteiger partial charge in [-0.05, 0) is 18.2 Å². The third-order valence-electron chi connectivity index (χ3n) is 4.25. The molecule has 2 N–H and O–H groups in total. The molecule has 29 heavy (non-hydrogen) atoms. The summed E-state index contributed by atoms with van der Waals surface area (Å²) in [7, 11) is 1.28. The van der Waals surface area contributed by atoms with E-state index in [1.807, 2.05) is 0 Å². The zero-order valence-electron chi connectivity index (χ0n) is 14.9. The Kier molecular flexibility index (Phi) is 5.37. The van der Waals surface area contributed by atoms with E-state index in [-0.39, 0.29) is 17.3 Å². The molecule has 0 saturated heterocycles. The minimum atomic E-state index is -5.27. The van der Waals surface area contributed by atoms with Crippen LogP contribution in [0.3, 0.4) is 0 Å². The molecule has 3 rings (SSSR count). The van der Waals surface area contributed by atoms with E-state index in [1.54, 1.807) is 18.3 Å². The number of pyridine rings is 1. The minimum Gasteiger partial charge on any atom is -0.438 e. The SMILES string of the molecule is CN(C(=O)[C@@]1(OC(=O)C(F)(F)F)C=C[C@H](N)C1)c1cn(-c2cccnc2)nc1Cl. The summed E-state index contributed by atoms with van der Waals surface area (Å²) in [6, 6.07) is 2.59. The molecule has 2 atom stereocenters. The Labute approximate surface area is 167 Å². The maximum atomic E-state index is 13.0. The van der Waals surface area contributed by atoms with Crippen LogP contribution in [-0.4, -0.2) is 51.5 Å². The van der Waals surface area contributed by atoms with E-state index in [0.29, 0.717) is 5.69 Å². The molecule has 8 nitrogen and oxygen atoms in total. The van der Waals surface area contributed by atoms with Gasteiger partial charge in [0.05, 0.1) is 18.1 Å². The Bertz CT molecular complexity index is 963. The molecule has 0 aromatic carbocycles. The number of amides is 1. The van der Waals surface area contributed by atoms with Crippen molar-refractivity contribution < 1.29 is 27.5 Å². The van der Waals surface area contributed by atoms with Crippen LogP contribution in [0.2, 0.25) is 5.15 Å². The predicted octanol–water partition coefficient (Wildman–Crippen LogP) is 2.02. The van der Waals surface area contributed by atoms with Gasteiger partial charge < -0.3 is 15.4 Å². The maximum absolute atomic E-state index is 13.0. The quantitative estimate of drug-likeness (QED) is 0.589. The van der Waals surface area contributed by atoms with Crippen LogP contribution in [-0.2, 0) is 14.3 Å². The molecule has 2 heterocycles. The topological polar surface area (TPSA) is 103 Å². The van der Waals surface area contributed by atoms with Crippen LogP contribution in [0.5, 0.6) is 0 Å². The average molecular weight is 430 g/mol. The van der Waals surface area contributed by atoms with Crippen molar-refractivity contribution in [2.24, 2.45) is 5.73 Å². The molecule has 0 spiro atoms. The first-order valence-electron chi connectivity index (χ1n) is 8.22. The number of hydrogen-bond donors (Lipinski definition) is 1. The molecular formula is C17H15ClF3N5O3. The van der Waals surface area contributed by atoms with Crippen LogP contribution in [0, 0.1) is 0 Å². The van der Waals surface area contributed by atoms with Gasteiger partial charge in [-0.15, -0.1) is 0 Å². The Morgan fingerprint density at radius 1 is 1.45 bits per heavy atom. The van der Waals surface area contributed by atoms with Crippen molar-refractivity contribution in [2.75, 3.05) is 11.9 Å². The monoisotopic (exact) mass is 429 g/mol. The summed E-state index contributed by atoms with van der Waals surface area (Å²) in [5.41, 5.74) is 4.13. The highest BCUT2D eigenvalue weighted by Crippen LogP contribution is 2.34. The van der Waals surface area contributed by atoms with E-state index >= 15 is 0 Å². The van der Waals surface area contributed by atoms with E-state index in [0.717, 1.165) is 11.0 Å². The van der Waals surface area contributed by atoms with E-state index in [4.69, 9.17) is 17.3 Å². The summed E-state index contributed by atoms with van der Waals surface area (Å²) >= 11 is 6.12. The molecule has 0 radical (unpaired) electrons. The molecule has 12 heteroatoms. The van der Waals surface area contributed by atoms with Gasteiger partial charge in [0.25, 0.3) is 5.91 Å². The predicted molar refractivity (Wildman–Crippen MR) is 96.4 cm³/mol. The third-order valence-corrected chi connectivity index (χ3v) is 4.52. The van der Waals surface area contributed by atoms with Crippen molar-refractivity contribution >= 4 is 29.2 Å². The van der Waals surface area contributed by atoms with Crippen LogP contribution in [0.25, 0.3) is 5.69 Å². The van der Waals surface area contributed by atoms with Gasteiger partial charge in [-0.3, -0.25) is 9.78 Å². The number of rotatable bonds is 4. The number of esters is 1. The maximum Gasteiger partial charge on any atom is 0.490 e. The molecule has 2 aromatic rings. The summed E-state index contributed by atoms with van der Waals surface area (Å²) in [5, 5.41) is 3.98. The fourth-order valence-electron chi connectivity index (χ4n) is 2.85. The van der Waals surface area contributed by atoms with Crippen LogP contribution in [0.4, 0.5) is 18.9 Å². The summed E-state index contributed by atoms with van der Waals surface area (Å²) in [6.07, 6.45) is 1.20. The van der Waals surface area contributed by atoms with Crippen LogP contribution in [0.15, 0.2) is 42.9 Å². The van der Waals surface area contributed by atoms with E-state index in [2.05, 4.69) is 14.8 Å². The Morgan fingerprint density at radius 2 is 2.17 bits per heavy atom. The molecule has 154 valence electrons. The lowest BCUT2D eigenvalue weighted by Gasteiger charge is -2.31. The van der Waals surface area contributed by atoms with Crippen LogP contribution in [0.1, 0.15) is 6.42 Å². The second-order valence-corrected chi connectivity index (χ2v) is 6.69. The number of carbonyl (C=O) groups is 2. The largest absolute Gasteiger partial charge is 0.490 e. The molecular weight excluding hydrogens is 415 g/mol. The first kappa shape index (κ1) is 20.8. The molecule has 0 fully saturated rings. The van der Waals surface area contributed by atoms with Crippen molar-refractivity contribution in [2.45, 2.75) is 24.2 Å². The highest BCUT2D eigenvalue weighted by molar-refractivity contribution is 6.32. The Hall–Kier alpha value is -2.92. The molecule has 1 aliphatic carbocycles. The fourth-order valence-corrected chi connectivity index (χ4v) is 3.11. The second-order valence-electron chi connectivity index (χ2n) is 6.33. The number of hydrogen-bond acceptors (Lipinski definition) is 6. The van der Waals surface area contributed by atoms with Crippen LogP contribution < -0.4 is 10.6 Å². The van der Waals surface area contributed by atoms with Crippen molar-refractivity contribution in [3.8, 4) is 5.69 Å². The smallest absolute Gasteiger partial charge is 0.438 e. The molecule has 2 aromatic heterocycles. The summed E-state index contributed by atoms with van der Waals surface area (Å²) < 4.78 is 44.1. The van der Waals surface area contributed by atoms with Gasteiger partial charge in [-0.2, -0.15) is 18.3 Å². The summed E-state index contributed by atoms with van der Waals surface area (Å²) in [4.78, 5) is 29.4. The normalized spacial score (nSPS) is 21.2. The van der Waals surface area contributed by atoms with Crippen molar-refractivity contribution in [3.05, 3.63) is 48.0 Å². The van der Waals surface area contributed by atoms with Gasteiger partial charge in [0.1, 0.15) is 5.69 Å². The lowest BCUT2D eigenvalue weighted by atomic mass is 10.00. The fraction of sp³-hybridized carbons (Fsp3) is 0.294. The molecule has 1 aliphatic rings. The first-order chi connectivity index (χ1) is 13.5. The number of alkyl halides is 3. The van der Waals surface area contributed by atoms with Gasteiger partial charge in [0.2, 0.25) is 5.60 Å². The standard InChI is InChI=1S/C17H15ClF3N5O3/c1-25(12-9-26(24-13(12)18)11-3-2-6-23-8-11)14(27)16(5-4-10(22)7-16)29-15(28)17(19,20)21/h2-6,8-10H,7,22H2,1H3/t10-,16+/m0/s1. The molecule has 0 bridgehead atoms. The molecule has 0 saturated carbocycles. The van der Waals surface area contributed by atoms with Crippen LogP contribution >= 0.6 is 11.6 Å². The number of nitrogens with two attached hydrogens (primary N) is 1. The Balaban J connectivity index is 1.92. The van der Waals surface area contributed by atoms with Gasteiger partial charge in [-0.25, -0.2) is 9.48 Å². The number of nitrogens with zero attached hydrogens (tertiary/aromatic N) is 4. The number of anilines is 1. The number of carbonyl (C=O) groups excluding carboxylic acids is 2. The van der Waals surface area contributed by atoms with Gasteiger partial charge in [-0.1, -0.05) is 17.7 Å². The lowest BCUT2D eigenvalue weighted by molar-refractivity contribution is -0.210. The van der Waals surface area contributed by atoms with Crippen molar-refractivity contribution in [1.82, 2.24) is 14.8 Å². The zero-order chi connectivity index (χ0) is 21.4. The third kappa shape index (κ3) is 4.10. The van der Waals surface area contributed by atoms with Crippen molar-refractivity contribution in [3.63, 3.8) is 0 Å². The Morgan fingerprint density at radius 3 is 2.72 bits per heavy atom. The van der Waals surface area contributed by atoms with E-state index in [9.17, 15) is 22.8 Å². The van der Waals surface area contributed by atoms with E-state index in [1.165, 1.54) is 30.2 Å². The highest BCUT2D eigenvalue weighted by Gasteiger charge is 2.52. The molecule has 1 amide bonds. The van der Waals surface area contributed by atoms with Gasteiger partial charge in [0, 0.05) is 25.7 Å². The number of likely N-dealkylation sites (N-methyl/N-ethyl adjacent to an activating group) is 1. The summed E-state index contributed by atoms with van der Waals surface area (Å²) in [5.74, 6) is -3.44. The highest BCUT2D eigenvalue weighted by atomic mass is 35.5. The molecule has 0 aliphatic heterocycles. The summed E-state index contributed by atoms with van der Waals surface area (Å²) in [6.45, 7) is 0. The minimum absolute atomic E-state index is 0.0896. The average Bonchev–Trinajstić information content (AvgIpc) is 3.24. The number of ether oxygens (including phenoxy) is 1. The lowest BCUT2D eigenvalue weighted by Crippen LogP contribution is -2.51. The molecule has 0 unspecified atom stereocenters. The van der Waals surface area contributed by atoms with Crippen molar-refractivity contribution in [1.29, 1.82) is 0 Å². The number of aromatic nitrogens is 3. The van der Waals surface area contributed by atoms with Gasteiger partial charge >= 0.3 is 12.1 Å². The second kappa shape index (κ2) is 7.48. The van der Waals surface area contributed by atoms with E-state index < -0.39 is 29.7 Å².